The molecule has 2 aromatic rings. The van der Waals surface area contributed by atoms with Gasteiger partial charge in [-0.15, -0.1) is 0 Å². The topological polar surface area (TPSA) is 83.1 Å². The molecule has 0 aromatic heterocycles. The minimum atomic E-state index is -0.759. The lowest BCUT2D eigenvalue weighted by molar-refractivity contribution is -0.0362. The van der Waals surface area contributed by atoms with Crippen LogP contribution < -0.4 is 10.8 Å². The predicted octanol–water partition coefficient (Wildman–Crippen LogP) is 3.60. The molecular weight excluding hydrogens is 584 g/mol. The highest BCUT2D eigenvalue weighted by atomic mass is 127. The minimum Gasteiger partial charge on any atom is -0.389 e. The second-order valence-corrected chi connectivity index (χ2v) is 9.31. The molecule has 1 aliphatic heterocycles. The van der Waals surface area contributed by atoms with Crippen molar-refractivity contribution >= 4 is 55.8 Å². The molecular formula is C21H24BrFIN3O4. The van der Waals surface area contributed by atoms with Crippen molar-refractivity contribution in [1.82, 2.24) is 10.4 Å². The van der Waals surface area contributed by atoms with Crippen LogP contribution in [-0.4, -0.2) is 61.5 Å². The van der Waals surface area contributed by atoms with Gasteiger partial charge in [0.05, 0.1) is 35.0 Å². The highest BCUT2D eigenvalue weighted by molar-refractivity contribution is 14.1. The summed E-state index contributed by atoms with van der Waals surface area (Å²) in [5, 5.41) is 13.3. The molecule has 2 aromatic carbocycles. The van der Waals surface area contributed by atoms with Crippen LogP contribution >= 0.6 is 38.5 Å². The van der Waals surface area contributed by atoms with E-state index in [9.17, 15) is 14.3 Å². The number of hydrogen-bond acceptors (Lipinski definition) is 6. The van der Waals surface area contributed by atoms with E-state index in [1.54, 1.807) is 0 Å². The van der Waals surface area contributed by atoms with E-state index in [-0.39, 0.29) is 16.6 Å². The molecule has 0 radical (unpaired) electrons. The van der Waals surface area contributed by atoms with Gasteiger partial charge in [-0.1, -0.05) is 0 Å². The van der Waals surface area contributed by atoms with Gasteiger partial charge in [-0.25, -0.2) is 9.87 Å². The molecule has 31 heavy (non-hydrogen) atoms. The first-order valence-electron chi connectivity index (χ1n) is 9.76. The summed E-state index contributed by atoms with van der Waals surface area (Å²) in [6, 6.07) is 8.42. The lowest BCUT2D eigenvalue weighted by Crippen LogP contribution is -2.42. The Morgan fingerprint density at radius 2 is 2.06 bits per heavy atom. The monoisotopic (exact) mass is 607 g/mol. The predicted molar refractivity (Wildman–Crippen MR) is 128 cm³/mol. The molecule has 168 valence electrons. The lowest BCUT2D eigenvalue weighted by atomic mass is 10.1. The van der Waals surface area contributed by atoms with Crippen LogP contribution in [0.25, 0.3) is 0 Å². The van der Waals surface area contributed by atoms with Crippen LogP contribution in [0.3, 0.4) is 0 Å². The summed E-state index contributed by atoms with van der Waals surface area (Å²) in [6.45, 7) is 5.07. The van der Waals surface area contributed by atoms with Gasteiger partial charge in [0.25, 0.3) is 5.91 Å². The molecule has 0 aliphatic carbocycles. The highest BCUT2D eigenvalue weighted by Gasteiger charge is 2.18. The number of anilines is 2. The van der Waals surface area contributed by atoms with Crippen LogP contribution in [0.2, 0.25) is 0 Å². The van der Waals surface area contributed by atoms with Crippen molar-refractivity contribution in [2.45, 2.75) is 13.0 Å². The zero-order valence-electron chi connectivity index (χ0n) is 17.0. The van der Waals surface area contributed by atoms with Crippen molar-refractivity contribution in [3.63, 3.8) is 0 Å². The Balaban J connectivity index is 1.63. The van der Waals surface area contributed by atoms with Crippen molar-refractivity contribution in [3.8, 4) is 0 Å². The van der Waals surface area contributed by atoms with Gasteiger partial charge in [0.15, 0.2) is 0 Å². The average molecular weight is 608 g/mol. The number of carbonyl (C=O) groups is 1. The number of rotatable bonds is 8. The van der Waals surface area contributed by atoms with E-state index < -0.39 is 17.8 Å². The Kier molecular flexibility index (Phi) is 9.05. The first kappa shape index (κ1) is 24.3. The number of amides is 1. The second-order valence-electron chi connectivity index (χ2n) is 7.21. The summed E-state index contributed by atoms with van der Waals surface area (Å²) in [4.78, 5) is 20.0. The number of nitrogens with one attached hydrogen (secondary N) is 2. The van der Waals surface area contributed by atoms with E-state index in [1.165, 1.54) is 12.1 Å². The van der Waals surface area contributed by atoms with Crippen LogP contribution in [0, 0.1) is 16.3 Å². The summed E-state index contributed by atoms with van der Waals surface area (Å²) in [6.07, 6.45) is -0.759. The Bertz CT molecular complexity index is 928. The number of nitrogens with zero attached hydrogens (tertiary/aromatic N) is 1. The molecule has 10 heteroatoms. The first-order valence-corrected chi connectivity index (χ1v) is 11.6. The molecule has 0 spiro atoms. The number of ether oxygens (including phenoxy) is 1. The van der Waals surface area contributed by atoms with Gasteiger partial charge >= 0.3 is 0 Å². The van der Waals surface area contributed by atoms with Crippen LogP contribution in [-0.2, 0) is 9.57 Å². The number of aryl methyl sites for hydroxylation is 1. The molecule has 1 saturated heterocycles. The summed E-state index contributed by atoms with van der Waals surface area (Å²) in [5.74, 6) is -1.05. The summed E-state index contributed by atoms with van der Waals surface area (Å²) in [5.41, 5.74) is 4.57. The Hall–Kier alpha value is -1.31. The zero-order chi connectivity index (χ0) is 22.4. The molecule has 0 saturated carbocycles. The zero-order valence-corrected chi connectivity index (χ0v) is 20.7. The third-order valence-electron chi connectivity index (χ3n) is 4.78. The fraction of sp³-hybridized carbons (Fsp3) is 0.381. The fourth-order valence-corrected chi connectivity index (χ4v) is 4.13. The van der Waals surface area contributed by atoms with E-state index in [2.05, 4.69) is 54.2 Å². The molecule has 1 atom stereocenters. The molecule has 3 N–H and O–H groups in total. The summed E-state index contributed by atoms with van der Waals surface area (Å²) in [7, 11) is 0. The number of aliphatic hydroxyl groups excluding tert-OH is 1. The lowest BCUT2D eigenvalue weighted by Gasteiger charge is -2.28. The van der Waals surface area contributed by atoms with Crippen molar-refractivity contribution < 1.29 is 23.9 Å². The molecule has 1 fully saturated rings. The number of benzene rings is 2. The number of aliphatic hydroxyl groups is 1. The smallest absolute Gasteiger partial charge is 0.276 e. The number of hydrogen-bond donors (Lipinski definition) is 3. The van der Waals surface area contributed by atoms with Gasteiger partial charge in [0, 0.05) is 28.9 Å². The Labute approximate surface area is 202 Å². The number of β-amino-alcohol motifs (C(OH)–C–C–N with tert-alkyl or cyclic N) is 1. The second kappa shape index (κ2) is 11.5. The fourth-order valence-electron chi connectivity index (χ4n) is 3.14. The van der Waals surface area contributed by atoms with Gasteiger partial charge in [-0.2, -0.15) is 0 Å². The number of hydroxylamine groups is 1. The first-order chi connectivity index (χ1) is 14.8. The molecule has 1 unspecified atom stereocenters. The van der Waals surface area contributed by atoms with Crippen LogP contribution in [0.4, 0.5) is 15.8 Å². The van der Waals surface area contributed by atoms with Crippen LogP contribution in [0.15, 0.2) is 34.8 Å². The Morgan fingerprint density at radius 3 is 2.77 bits per heavy atom. The van der Waals surface area contributed by atoms with E-state index in [0.717, 1.165) is 27.9 Å². The molecule has 1 heterocycles. The quantitative estimate of drug-likeness (QED) is 0.314. The van der Waals surface area contributed by atoms with Crippen molar-refractivity contribution in [3.05, 3.63) is 55.3 Å². The Morgan fingerprint density at radius 1 is 1.32 bits per heavy atom. The minimum absolute atomic E-state index is 0.0650. The number of carbonyl (C=O) groups excluding carboxylic acids is 1. The maximum atomic E-state index is 14.2. The van der Waals surface area contributed by atoms with Gasteiger partial charge in [-0.05, 0) is 81.3 Å². The SMILES string of the molecule is Cc1cc(I)ccc1Nc1cc(F)c(Br)cc1C(=O)NOCC(O)CN1CCOCC1. The standard InChI is InChI=1S/C21H24BrFIN3O4/c1-13-8-14(24)2-3-19(13)25-20-10-18(23)17(22)9-16(20)21(29)26-31-12-15(28)11-27-4-6-30-7-5-27/h2-3,8-10,15,25,28H,4-7,11-12H2,1H3,(H,26,29). The molecule has 0 bridgehead atoms. The van der Waals surface area contributed by atoms with E-state index in [1.807, 2.05) is 25.1 Å². The van der Waals surface area contributed by atoms with Gasteiger partial charge in [0.2, 0.25) is 0 Å². The third-order valence-corrected chi connectivity index (χ3v) is 6.05. The maximum absolute atomic E-state index is 14.2. The molecule has 1 amide bonds. The van der Waals surface area contributed by atoms with Gasteiger partial charge in [-0.3, -0.25) is 14.5 Å². The largest absolute Gasteiger partial charge is 0.389 e. The van der Waals surface area contributed by atoms with E-state index in [4.69, 9.17) is 9.57 Å². The van der Waals surface area contributed by atoms with Gasteiger partial charge < -0.3 is 15.2 Å². The third kappa shape index (κ3) is 7.09. The van der Waals surface area contributed by atoms with Crippen molar-refractivity contribution in [2.75, 3.05) is 44.8 Å². The molecule has 7 nitrogen and oxygen atoms in total. The van der Waals surface area contributed by atoms with Crippen LogP contribution in [0.1, 0.15) is 15.9 Å². The van der Waals surface area contributed by atoms with Crippen LogP contribution in [0.5, 0.6) is 0 Å². The number of morpholine rings is 1. The highest BCUT2D eigenvalue weighted by Crippen LogP contribution is 2.29. The van der Waals surface area contributed by atoms with Crippen molar-refractivity contribution in [2.24, 2.45) is 0 Å². The normalized spacial score (nSPS) is 15.5. The molecule has 3 rings (SSSR count). The summed E-state index contributed by atoms with van der Waals surface area (Å²) < 4.78 is 20.7. The van der Waals surface area contributed by atoms with Gasteiger partial charge in [0.1, 0.15) is 12.4 Å². The van der Waals surface area contributed by atoms with Crippen molar-refractivity contribution in [1.29, 1.82) is 0 Å². The maximum Gasteiger partial charge on any atom is 0.276 e. The average Bonchev–Trinajstić information content (AvgIpc) is 2.73. The summed E-state index contributed by atoms with van der Waals surface area (Å²) >= 11 is 5.34. The number of halogens is 3. The van der Waals surface area contributed by atoms with E-state index >= 15 is 0 Å². The van der Waals surface area contributed by atoms with E-state index in [0.29, 0.717) is 25.4 Å². The molecule has 1 aliphatic rings.